The molecule has 3 heteroatoms. The average molecular weight is 248 g/mol. The number of aliphatic carboxylic acids is 1. The highest BCUT2D eigenvalue weighted by Crippen LogP contribution is 2.41. The van der Waals surface area contributed by atoms with Crippen LogP contribution in [0.15, 0.2) is 24.3 Å². The molecule has 1 aromatic rings. The Morgan fingerprint density at radius 2 is 1.83 bits per heavy atom. The van der Waals surface area contributed by atoms with Crippen molar-refractivity contribution in [1.82, 2.24) is 0 Å². The number of ether oxygens (including phenoxy) is 1. The SMILES string of the molecule is COC(C)c1ccc(C2(C(=O)O)CCCC2)cc1. The molecule has 0 aliphatic heterocycles. The maximum Gasteiger partial charge on any atom is 0.314 e. The smallest absolute Gasteiger partial charge is 0.314 e. The molecule has 1 aliphatic rings. The van der Waals surface area contributed by atoms with Crippen LogP contribution >= 0.6 is 0 Å². The molecule has 98 valence electrons. The molecule has 0 heterocycles. The average Bonchev–Trinajstić information content (AvgIpc) is 2.88. The molecule has 0 amide bonds. The van der Waals surface area contributed by atoms with E-state index in [1.54, 1.807) is 7.11 Å². The fraction of sp³-hybridized carbons (Fsp3) is 0.533. The van der Waals surface area contributed by atoms with Gasteiger partial charge >= 0.3 is 5.97 Å². The first-order valence-electron chi connectivity index (χ1n) is 6.47. The van der Waals surface area contributed by atoms with Gasteiger partial charge in [0, 0.05) is 7.11 Å². The number of benzene rings is 1. The maximum absolute atomic E-state index is 11.6. The predicted molar refractivity (Wildman–Crippen MR) is 69.6 cm³/mol. The molecule has 1 aromatic carbocycles. The van der Waals surface area contributed by atoms with Crippen LogP contribution in [0.1, 0.15) is 49.8 Å². The second-order valence-corrected chi connectivity index (χ2v) is 5.09. The lowest BCUT2D eigenvalue weighted by Crippen LogP contribution is -2.32. The van der Waals surface area contributed by atoms with E-state index in [0.717, 1.165) is 36.8 Å². The minimum atomic E-state index is -0.687. The fourth-order valence-electron chi connectivity index (χ4n) is 2.81. The summed E-state index contributed by atoms with van der Waals surface area (Å²) in [4.78, 5) is 11.6. The van der Waals surface area contributed by atoms with E-state index in [0.29, 0.717) is 0 Å². The quantitative estimate of drug-likeness (QED) is 0.889. The first kappa shape index (κ1) is 13.1. The first-order chi connectivity index (χ1) is 8.60. The molecular formula is C15H20O3. The van der Waals surface area contributed by atoms with Gasteiger partial charge in [-0.2, -0.15) is 0 Å². The van der Waals surface area contributed by atoms with Crippen LogP contribution in [0.5, 0.6) is 0 Å². The lowest BCUT2D eigenvalue weighted by molar-refractivity contribution is -0.143. The number of carboxylic acids is 1. The molecule has 0 spiro atoms. The van der Waals surface area contributed by atoms with Crippen LogP contribution in [0, 0.1) is 0 Å². The highest BCUT2D eigenvalue weighted by Gasteiger charge is 2.42. The van der Waals surface area contributed by atoms with Crippen molar-refractivity contribution >= 4 is 5.97 Å². The molecule has 18 heavy (non-hydrogen) atoms. The van der Waals surface area contributed by atoms with Crippen LogP contribution < -0.4 is 0 Å². The molecule has 0 bridgehead atoms. The van der Waals surface area contributed by atoms with Gasteiger partial charge in [-0.25, -0.2) is 0 Å². The monoisotopic (exact) mass is 248 g/mol. The Hall–Kier alpha value is -1.35. The lowest BCUT2D eigenvalue weighted by atomic mass is 9.78. The Balaban J connectivity index is 2.30. The van der Waals surface area contributed by atoms with Crippen molar-refractivity contribution in [3.05, 3.63) is 35.4 Å². The summed E-state index contributed by atoms with van der Waals surface area (Å²) in [5.74, 6) is -0.687. The minimum Gasteiger partial charge on any atom is -0.481 e. The predicted octanol–water partition coefficient (Wildman–Crippen LogP) is 3.29. The zero-order valence-corrected chi connectivity index (χ0v) is 11.0. The van der Waals surface area contributed by atoms with E-state index in [1.807, 2.05) is 31.2 Å². The summed E-state index contributed by atoms with van der Waals surface area (Å²) >= 11 is 0. The molecule has 2 rings (SSSR count). The van der Waals surface area contributed by atoms with Crippen LogP contribution in [-0.4, -0.2) is 18.2 Å². The van der Waals surface area contributed by atoms with Gasteiger partial charge in [0.1, 0.15) is 0 Å². The van der Waals surface area contributed by atoms with Crippen LogP contribution in [0.2, 0.25) is 0 Å². The number of carbonyl (C=O) groups is 1. The van der Waals surface area contributed by atoms with Gasteiger partial charge in [-0.1, -0.05) is 37.1 Å². The van der Waals surface area contributed by atoms with E-state index in [-0.39, 0.29) is 6.10 Å². The fourth-order valence-corrected chi connectivity index (χ4v) is 2.81. The third-order valence-electron chi connectivity index (χ3n) is 4.15. The molecule has 1 fully saturated rings. The molecule has 1 unspecified atom stereocenters. The van der Waals surface area contributed by atoms with Gasteiger partial charge in [0.2, 0.25) is 0 Å². The van der Waals surface area contributed by atoms with Crippen molar-refractivity contribution < 1.29 is 14.6 Å². The van der Waals surface area contributed by atoms with E-state index in [1.165, 1.54) is 0 Å². The van der Waals surface area contributed by atoms with E-state index in [9.17, 15) is 9.90 Å². The van der Waals surface area contributed by atoms with E-state index in [4.69, 9.17) is 4.74 Å². The lowest BCUT2D eigenvalue weighted by Gasteiger charge is -2.24. The first-order valence-corrected chi connectivity index (χ1v) is 6.47. The van der Waals surface area contributed by atoms with Gasteiger partial charge in [-0.05, 0) is 30.9 Å². The zero-order chi connectivity index (χ0) is 13.2. The summed E-state index contributed by atoms with van der Waals surface area (Å²) < 4.78 is 5.26. The van der Waals surface area contributed by atoms with Crippen molar-refractivity contribution in [2.45, 2.75) is 44.1 Å². The molecule has 1 saturated carbocycles. The summed E-state index contributed by atoms with van der Waals surface area (Å²) in [5, 5.41) is 9.52. The Bertz CT molecular complexity index is 416. The topological polar surface area (TPSA) is 46.5 Å². The summed E-state index contributed by atoms with van der Waals surface area (Å²) in [6.45, 7) is 1.98. The van der Waals surface area contributed by atoms with Crippen LogP contribution in [0.3, 0.4) is 0 Å². The summed E-state index contributed by atoms with van der Waals surface area (Å²) in [6, 6.07) is 7.85. The van der Waals surface area contributed by atoms with Crippen molar-refractivity contribution in [3.63, 3.8) is 0 Å². The maximum atomic E-state index is 11.6. The van der Waals surface area contributed by atoms with Gasteiger partial charge in [-0.15, -0.1) is 0 Å². The van der Waals surface area contributed by atoms with E-state index < -0.39 is 11.4 Å². The van der Waals surface area contributed by atoms with Crippen molar-refractivity contribution in [1.29, 1.82) is 0 Å². The summed E-state index contributed by atoms with van der Waals surface area (Å²) in [7, 11) is 1.67. The Morgan fingerprint density at radius 3 is 2.28 bits per heavy atom. The van der Waals surface area contributed by atoms with Crippen LogP contribution in [0.4, 0.5) is 0 Å². The highest BCUT2D eigenvalue weighted by atomic mass is 16.5. The van der Waals surface area contributed by atoms with Gasteiger partial charge in [-0.3, -0.25) is 4.79 Å². The molecule has 0 saturated heterocycles. The molecular weight excluding hydrogens is 228 g/mol. The zero-order valence-electron chi connectivity index (χ0n) is 11.0. The molecule has 0 aromatic heterocycles. The number of methoxy groups -OCH3 is 1. The second kappa shape index (κ2) is 5.11. The normalized spacial score (nSPS) is 19.7. The largest absolute Gasteiger partial charge is 0.481 e. The highest BCUT2D eigenvalue weighted by molar-refractivity contribution is 5.81. The van der Waals surface area contributed by atoms with Crippen LogP contribution in [-0.2, 0) is 14.9 Å². The van der Waals surface area contributed by atoms with E-state index >= 15 is 0 Å². The third kappa shape index (κ3) is 2.15. The number of rotatable bonds is 4. The summed E-state index contributed by atoms with van der Waals surface area (Å²) in [5.41, 5.74) is 1.36. The molecule has 1 atom stereocenters. The van der Waals surface area contributed by atoms with Crippen LogP contribution in [0.25, 0.3) is 0 Å². The van der Waals surface area contributed by atoms with Crippen molar-refractivity contribution in [2.24, 2.45) is 0 Å². The number of carboxylic acid groups (broad SMARTS) is 1. The molecule has 1 N–H and O–H groups in total. The summed E-state index contributed by atoms with van der Waals surface area (Å²) in [6.07, 6.45) is 3.55. The Morgan fingerprint density at radius 1 is 1.28 bits per heavy atom. The second-order valence-electron chi connectivity index (χ2n) is 5.09. The Labute approximate surface area is 108 Å². The third-order valence-corrected chi connectivity index (χ3v) is 4.15. The molecule has 3 nitrogen and oxygen atoms in total. The molecule has 1 aliphatic carbocycles. The number of hydrogen-bond donors (Lipinski definition) is 1. The minimum absolute atomic E-state index is 0.0448. The Kier molecular flexibility index (Phi) is 3.71. The molecule has 0 radical (unpaired) electrons. The van der Waals surface area contributed by atoms with E-state index in [2.05, 4.69) is 0 Å². The van der Waals surface area contributed by atoms with Gasteiger partial charge in [0.05, 0.1) is 11.5 Å². The standard InChI is InChI=1S/C15H20O3/c1-11(18-2)12-5-7-13(8-6-12)15(14(16)17)9-3-4-10-15/h5-8,11H,3-4,9-10H2,1-2H3,(H,16,17). The van der Waals surface area contributed by atoms with Gasteiger partial charge < -0.3 is 9.84 Å². The van der Waals surface area contributed by atoms with Gasteiger partial charge in [0.25, 0.3) is 0 Å². The number of hydrogen-bond acceptors (Lipinski definition) is 2. The van der Waals surface area contributed by atoms with Crippen molar-refractivity contribution in [2.75, 3.05) is 7.11 Å². The van der Waals surface area contributed by atoms with Crippen molar-refractivity contribution in [3.8, 4) is 0 Å². The van der Waals surface area contributed by atoms with Gasteiger partial charge in [0.15, 0.2) is 0 Å².